The lowest BCUT2D eigenvalue weighted by atomic mass is 9.49. The van der Waals surface area contributed by atoms with Crippen molar-refractivity contribution in [2.75, 3.05) is 5.32 Å². The predicted molar refractivity (Wildman–Crippen MR) is 89.7 cm³/mol. The third kappa shape index (κ3) is 2.68. The molecule has 0 aliphatic heterocycles. The zero-order chi connectivity index (χ0) is 15.2. The summed E-state index contributed by atoms with van der Waals surface area (Å²) in [7, 11) is 0. The highest BCUT2D eigenvalue weighted by Crippen LogP contribution is 2.61. The van der Waals surface area contributed by atoms with Gasteiger partial charge in [-0.05, 0) is 85.8 Å². The number of hydrogen-bond donors (Lipinski definition) is 1. The van der Waals surface area contributed by atoms with Crippen molar-refractivity contribution in [3.8, 4) is 0 Å². The third-order valence-electron chi connectivity index (χ3n) is 6.35. The quantitative estimate of drug-likeness (QED) is 0.850. The number of aryl methyl sites for hydroxylation is 1. The first-order valence-electron chi connectivity index (χ1n) is 9.03. The molecule has 2 heteroatoms. The first-order valence-corrected chi connectivity index (χ1v) is 9.03. The normalized spacial score (nSPS) is 35.6. The fourth-order valence-electron chi connectivity index (χ4n) is 5.88. The van der Waals surface area contributed by atoms with Crippen LogP contribution >= 0.6 is 0 Å². The maximum atomic E-state index is 12.5. The molecule has 0 aromatic heterocycles. The molecule has 2 nitrogen and oxygen atoms in total. The maximum absolute atomic E-state index is 12.5. The van der Waals surface area contributed by atoms with Gasteiger partial charge in [0.05, 0.1) is 0 Å². The van der Waals surface area contributed by atoms with E-state index in [4.69, 9.17) is 0 Å². The van der Waals surface area contributed by atoms with Gasteiger partial charge in [-0.2, -0.15) is 0 Å². The van der Waals surface area contributed by atoms with E-state index in [-0.39, 0.29) is 5.91 Å². The zero-order valence-corrected chi connectivity index (χ0v) is 13.6. The number of rotatable bonds is 4. The van der Waals surface area contributed by atoms with Gasteiger partial charge in [-0.15, -0.1) is 0 Å². The van der Waals surface area contributed by atoms with E-state index in [1.807, 2.05) is 12.1 Å². The number of hydrogen-bond acceptors (Lipinski definition) is 1. The first-order chi connectivity index (χ1) is 10.6. The molecule has 4 saturated carbocycles. The van der Waals surface area contributed by atoms with Crippen molar-refractivity contribution in [3.05, 3.63) is 29.8 Å². The highest BCUT2D eigenvalue weighted by Gasteiger charge is 2.51. The second kappa shape index (κ2) is 5.40. The molecule has 0 heterocycles. The van der Waals surface area contributed by atoms with Crippen molar-refractivity contribution in [2.45, 2.75) is 58.3 Å². The molecule has 0 unspecified atom stereocenters. The lowest BCUT2D eigenvalue weighted by Crippen LogP contribution is -2.47. The van der Waals surface area contributed by atoms with Crippen LogP contribution in [0.5, 0.6) is 0 Å². The standard InChI is InChI=1S/C20H27NO/c1-2-14-3-5-18(6-4-14)21-19(22)13-20-10-15-7-16(11-20)9-17(8-15)12-20/h3-6,15-17H,2,7-13H2,1H3,(H,21,22). The fraction of sp³-hybridized carbons (Fsp3) is 0.650. The topological polar surface area (TPSA) is 29.1 Å². The fourth-order valence-corrected chi connectivity index (χ4v) is 5.88. The Balaban J connectivity index is 1.41. The lowest BCUT2D eigenvalue weighted by molar-refractivity contribution is -0.124. The van der Waals surface area contributed by atoms with Gasteiger partial charge < -0.3 is 5.32 Å². The summed E-state index contributed by atoms with van der Waals surface area (Å²) in [5.74, 6) is 2.99. The average Bonchev–Trinajstić information content (AvgIpc) is 2.45. The molecule has 22 heavy (non-hydrogen) atoms. The Kier molecular flexibility index (Phi) is 3.51. The molecular formula is C20H27NO. The maximum Gasteiger partial charge on any atom is 0.224 e. The van der Waals surface area contributed by atoms with Crippen LogP contribution in [-0.2, 0) is 11.2 Å². The van der Waals surface area contributed by atoms with Gasteiger partial charge in [-0.25, -0.2) is 0 Å². The van der Waals surface area contributed by atoms with Gasteiger partial charge in [0.15, 0.2) is 0 Å². The zero-order valence-electron chi connectivity index (χ0n) is 13.6. The molecule has 0 spiro atoms. The van der Waals surface area contributed by atoms with Crippen LogP contribution in [0.1, 0.15) is 57.4 Å². The summed E-state index contributed by atoms with van der Waals surface area (Å²) in [6.45, 7) is 2.15. The molecule has 4 bridgehead atoms. The van der Waals surface area contributed by atoms with Gasteiger partial charge in [0, 0.05) is 12.1 Å². The molecule has 0 radical (unpaired) electrons. The number of benzene rings is 1. The van der Waals surface area contributed by atoms with E-state index in [9.17, 15) is 4.79 Å². The van der Waals surface area contributed by atoms with Gasteiger partial charge in [0.2, 0.25) is 5.91 Å². The van der Waals surface area contributed by atoms with E-state index < -0.39 is 0 Å². The van der Waals surface area contributed by atoms with Crippen molar-refractivity contribution in [1.29, 1.82) is 0 Å². The van der Waals surface area contributed by atoms with Crippen LogP contribution in [0.2, 0.25) is 0 Å². The Hall–Kier alpha value is -1.31. The van der Waals surface area contributed by atoms with Crippen molar-refractivity contribution in [1.82, 2.24) is 0 Å². The Morgan fingerprint density at radius 2 is 1.59 bits per heavy atom. The minimum Gasteiger partial charge on any atom is -0.326 e. The van der Waals surface area contributed by atoms with Crippen LogP contribution in [0, 0.1) is 23.2 Å². The van der Waals surface area contributed by atoms with Crippen molar-refractivity contribution >= 4 is 11.6 Å². The van der Waals surface area contributed by atoms with Gasteiger partial charge in [-0.1, -0.05) is 19.1 Å². The summed E-state index contributed by atoms with van der Waals surface area (Å²) in [6.07, 6.45) is 10.0. The van der Waals surface area contributed by atoms with Crippen molar-refractivity contribution < 1.29 is 4.79 Å². The number of amides is 1. The second-order valence-corrected chi connectivity index (χ2v) is 8.19. The SMILES string of the molecule is CCc1ccc(NC(=O)CC23CC4CC(CC(C4)C2)C3)cc1. The van der Waals surface area contributed by atoms with Crippen LogP contribution in [0.25, 0.3) is 0 Å². The summed E-state index contributed by atoms with van der Waals surface area (Å²) < 4.78 is 0. The first kappa shape index (κ1) is 14.3. The largest absolute Gasteiger partial charge is 0.326 e. The van der Waals surface area contributed by atoms with E-state index in [2.05, 4.69) is 24.4 Å². The number of nitrogens with one attached hydrogen (secondary N) is 1. The third-order valence-corrected chi connectivity index (χ3v) is 6.35. The highest BCUT2D eigenvalue weighted by atomic mass is 16.1. The predicted octanol–water partition coefficient (Wildman–Crippen LogP) is 4.79. The Morgan fingerprint density at radius 1 is 1.05 bits per heavy atom. The van der Waals surface area contributed by atoms with Crippen LogP contribution in [0.4, 0.5) is 5.69 Å². The van der Waals surface area contributed by atoms with Crippen molar-refractivity contribution in [3.63, 3.8) is 0 Å². The molecule has 4 aliphatic rings. The Morgan fingerprint density at radius 3 is 2.09 bits per heavy atom. The summed E-state index contributed by atoms with van der Waals surface area (Å²) in [5, 5.41) is 3.13. The van der Waals surface area contributed by atoms with E-state index in [0.717, 1.165) is 36.3 Å². The molecule has 1 aromatic carbocycles. The van der Waals surface area contributed by atoms with Crippen LogP contribution < -0.4 is 5.32 Å². The smallest absolute Gasteiger partial charge is 0.224 e. The number of carbonyl (C=O) groups excluding carboxylic acids is 1. The minimum atomic E-state index is 0.228. The highest BCUT2D eigenvalue weighted by molar-refractivity contribution is 5.91. The summed E-state index contributed by atoms with van der Waals surface area (Å²) in [6, 6.07) is 8.30. The monoisotopic (exact) mass is 297 g/mol. The van der Waals surface area contributed by atoms with Gasteiger partial charge in [0.1, 0.15) is 0 Å². The summed E-state index contributed by atoms with van der Waals surface area (Å²) in [4.78, 5) is 12.5. The molecule has 118 valence electrons. The van der Waals surface area contributed by atoms with E-state index >= 15 is 0 Å². The average molecular weight is 297 g/mol. The van der Waals surface area contributed by atoms with Gasteiger partial charge >= 0.3 is 0 Å². The van der Waals surface area contributed by atoms with E-state index in [0.29, 0.717) is 5.41 Å². The Bertz CT molecular complexity index is 524. The summed E-state index contributed by atoms with van der Waals surface area (Å²) >= 11 is 0. The van der Waals surface area contributed by atoms with E-state index in [1.165, 1.54) is 44.1 Å². The van der Waals surface area contributed by atoms with Crippen LogP contribution in [0.3, 0.4) is 0 Å². The van der Waals surface area contributed by atoms with Crippen LogP contribution in [0.15, 0.2) is 24.3 Å². The van der Waals surface area contributed by atoms with Gasteiger partial charge in [0.25, 0.3) is 0 Å². The molecule has 4 aliphatic carbocycles. The number of carbonyl (C=O) groups is 1. The molecule has 1 N–H and O–H groups in total. The molecule has 1 aromatic rings. The van der Waals surface area contributed by atoms with Crippen LogP contribution in [-0.4, -0.2) is 5.91 Å². The molecule has 4 fully saturated rings. The Labute approximate surface area is 133 Å². The minimum absolute atomic E-state index is 0.228. The second-order valence-electron chi connectivity index (χ2n) is 8.19. The molecule has 5 rings (SSSR count). The molecule has 0 saturated heterocycles. The number of anilines is 1. The van der Waals surface area contributed by atoms with E-state index in [1.54, 1.807) is 0 Å². The molecular weight excluding hydrogens is 270 g/mol. The lowest BCUT2D eigenvalue weighted by Gasteiger charge is -2.56. The van der Waals surface area contributed by atoms with Gasteiger partial charge in [-0.3, -0.25) is 4.79 Å². The molecule has 1 amide bonds. The van der Waals surface area contributed by atoms with Crippen molar-refractivity contribution in [2.24, 2.45) is 23.2 Å². The summed E-state index contributed by atoms with van der Waals surface area (Å²) in [5.41, 5.74) is 2.60. The molecule has 0 atom stereocenters.